The molecule has 2 bridgehead atoms. The number of ketones is 1. The molecule has 3 rings (SSSR count). The van der Waals surface area contributed by atoms with E-state index in [1.54, 1.807) is 6.08 Å². The highest BCUT2D eigenvalue weighted by Gasteiger charge is 2.71. The second kappa shape index (κ2) is 10.2. The van der Waals surface area contributed by atoms with E-state index >= 15 is 0 Å². The Labute approximate surface area is 221 Å². The minimum atomic E-state index is -1.42. The van der Waals surface area contributed by atoms with Crippen LogP contribution in [0.2, 0.25) is 0 Å². The highest BCUT2D eigenvalue weighted by molar-refractivity contribution is 6.53. The molecule has 0 amide bonds. The van der Waals surface area contributed by atoms with Gasteiger partial charge in [-0.05, 0) is 37.0 Å². The molecule has 0 aromatic rings. The SMILES string of the molecule is C=C[C@]1(C)C[C@@H](OC(=O)CCl)[C@]2(C)[C@H](C)CC[C@]3(C[C@H](OC(=O)C(Cl)Cl)C(=O)[C@H]32)[C@@H](C)[C@@H]1OC=O. The van der Waals surface area contributed by atoms with E-state index in [9.17, 15) is 19.2 Å². The van der Waals surface area contributed by atoms with Gasteiger partial charge in [-0.25, -0.2) is 4.79 Å². The summed E-state index contributed by atoms with van der Waals surface area (Å²) < 4.78 is 17.1. The molecule has 0 spiro atoms. The molecule has 0 aromatic carbocycles. The van der Waals surface area contributed by atoms with Gasteiger partial charge in [-0.1, -0.05) is 57.0 Å². The molecule has 9 atom stereocenters. The van der Waals surface area contributed by atoms with E-state index in [-0.39, 0.29) is 36.3 Å². The molecule has 3 saturated carbocycles. The fourth-order valence-electron chi connectivity index (χ4n) is 7.26. The average molecular weight is 552 g/mol. The Bertz CT molecular complexity index is 894. The molecule has 0 aromatic heterocycles. The van der Waals surface area contributed by atoms with Crippen LogP contribution in [0.25, 0.3) is 0 Å². The van der Waals surface area contributed by atoms with Gasteiger partial charge in [-0.3, -0.25) is 14.4 Å². The van der Waals surface area contributed by atoms with Gasteiger partial charge in [0.05, 0.1) is 0 Å². The standard InChI is InChI=1S/C25H33Cl3O7/c1-6-23(4)10-16(35-17(30)11-26)24(5)13(2)7-8-25(14(3)20(23)33-12-29)9-15(18(31)19(24)25)34-22(32)21(27)28/h6,12-16,19-21H,1,7-11H2,2-5H3/t13-,14+,15+,16-,19+,20+,23-,24+,25+/m1/s1. The molecule has 0 heterocycles. The topological polar surface area (TPSA) is 96.0 Å². The fraction of sp³-hybridized carbons (Fsp3) is 0.760. The second-order valence-electron chi connectivity index (χ2n) is 10.8. The number of hydrogen-bond donors (Lipinski definition) is 0. The van der Waals surface area contributed by atoms with Crippen molar-refractivity contribution in [2.75, 3.05) is 5.88 Å². The number of esters is 2. The molecule has 35 heavy (non-hydrogen) atoms. The van der Waals surface area contributed by atoms with Crippen LogP contribution in [0, 0.1) is 34.0 Å². The number of carbonyl (C=O) groups excluding carboxylic acids is 4. The van der Waals surface area contributed by atoms with E-state index in [1.165, 1.54) is 0 Å². The zero-order valence-corrected chi connectivity index (χ0v) is 22.7. The monoisotopic (exact) mass is 550 g/mol. The molecular formula is C25H33Cl3O7. The van der Waals surface area contributed by atoms with Gasteiger partial charge in [0.25, 0.3) is 6.47 Å². The number of Topliss-reactive ketones (excluding diaryl/α,β-unsaturated/α-hetero) is 1. The van der Waals surface area contributed by atoms with Crippen molar-refractivity contribution in [1.82, 2.24) is 0 Å². The lowest BCUT2D eigenvalue weighted by atomic mass is 9.44. The van der Waals surface area contributed by atoms with Crippen molar-refractivity contribution in [2.24, 2.45) is 34.0 Å². The highest BCUT2D eigenvalue weighted by Crippen LogP contribution is 2.68. The summed E-state index contributed by atoms with van der Waals surface area (Å²) in [6.07, 6.45) is 1.16. The van der Waals surface area contributed by atoms with Crippen molar-refractivity contribution in [1.29, 1.82) is 0 Å². The third-order valence-electron chi connectivity index (χ3n) is 9.29. The number of rotatable bonds is 7. The van der Waals surface area contributed by atoms with Crippen molar-refractivity contribution >= 4 is 59.0 Å². The van der Waals surface area contributed by atoms with Crippen LogP contribution in [0.4, 0.5) is 0 Å². The third-order valence-corrected chi connectivity index (χ3v) is 9.86. The smallest absolute Gasteiger partial charge is 0.340 e. The molecule has 0 saturated heterocycles. The van der Waals surface area contributed by atoms with E-state index in [0.717, 1.165) is 6.42 Å². The quantitative estimate of drug-likeness (QED) is 0.150. The van der Waals surface area contributed by atoms with E-state index in [1.807, 2.05) is 27.7 Å². The predicted octanol–water partition coefficient (Wildman–Crippen LogP) is 4.64. The summed E-state index contributed by atoms with van der Waals surface area (Å²) in [6.45, 7) is 12.3. The van der Waals surface area contributed by atoms with Gasteiger partial charge in [0.2, 0.25) is 4.84 Å². The van der Waals surface area contributed by atoms with E-state index in [0.29, 0.717) is 12.9 Å². The summed E-state index contributed by atoms with van der Waals surface area (Å²) in [4.78, 5) is 48.9. The van der Waals surface area contributed by atoms with Crippen LogP contribution in [0.15, 0.2) is 12.7 Å². The Kier molecular flexibility index (Phi) is 8.25. The van der Waals surface area contributed by atoms with Crippen LogP contribution in [-0.2, 0) is 33.4 Å². The first kappa shape index (κ1) is 28.3. The maximum absolute atomic E-state index is 14.0. The zero-order valence-electron chi connectivity index (χ0n) is 20.4. The third kappa shape index (κ3) is 4.50. The molecule has 3 fully saturated rings. The first-order chi connectivity index (χ1) is 16.3. The Morgan fingerprint density at radius 3 is 2.40 bits per heavy atom. The first-order valence-corrected chi connectivity index (χ1v) is 13.2. The van der Waals surface area contributed by atoms with E-state index < -0.39 is 57.2 Å². The lowest BCUT2D eigenvalue weighted by Crippen LogP contribution is -2.63. The summed E-state index contributed by atoms with van der Waals surface area (Å²) in [6, 6.07) is 0. The number of halogens is 3. The largest absolute Gasteiger partial charge is 0.463 e. The number of carbonyl (C=O) groups is 4. The first-order valence-electron chi connectivity index (χ1n) is 11.8. The number of ether oxygens (including phenoxy) is 3. The lowest BCUT2D eigenvalue weighted by molar-refractivity contribution is -0.209. The minimum absolute atomic E-state index is 0.00856. The van der Waals surface area contributed by atoms with Gasteiger partial charge >= 0.3 is 11.9 Å². The summed E-state index contributed by atoms with van der Waals surface area (Å²) >= 11 is 17.2. The molecule has 0 unspecified atom stereocenters. The van der Waals surface area contributed by atoms with Gasteiger partial charge in [0.1, 0.15) is 18.1 Å². The average Bonchev–Trinajstić information content (AvgIpc) is 3.11. The highest BCUT2D eigenvalue weighted by atomic mass is 35.5. The predicted molar refractivity (Wildman–Crippen MR) is 131 cm³/mol. The minimum Gasteiger partial charge on any atom is -0.463 e. The Morgan fingerprint density at radius 2 is 1.86 bits per heavy atom. The van der Waals surface area contributed by atoms with E-state index in [4.69, 9.17) is 49.0 Å². The number of alkyl halides is 3. The van der Waals surface area contributed by atoms with Crippen LogP contribution in [0.3, 0.4) is 0 Å². The van der Waals surface area contributed by atoms with E-state index in [2.05, 4.69) is 6.58 Å². The summed E-state index contributed by atoms with van der Waals surface area (Å²) in [5.74, 6) is -3.02. The van der Waals surface area contributed by atoms with Crippen molar-refractivity contribution in [3.63, 3.8) is 0 Å². The van der Waals surface area contributed by atoms with Crippen LogP contribution in [-0.4, -0.2) is 53.2 Å². The Morgan fingerprint density at radius 1 is 1.20 bits per heavy atom. The zero-order chi connectivity index (χ0) is 26.3. The normalized spacial score (nSPS) is 42.9. The molecular weight excluding hydrogens is 519 g/mol. The van der Waals surface area contributed by atoms with Gasteiger partial charge in [0.15, 0.2) is 11.9 Å². The van der Waals surface area contributed by atoms with Gasteiger partial charge < -0.3 is 14.2 Å². The van der Waals surface area contributed by atoms with Crippen LogP contribution < -0.4 is 0 Å². The van der Waals surface area contributed by atoms with Gasteiger partial charge in [-0.15, -0.1) is 18.2 Å². The summed E-state index contributed by atoms with van der Waals surface area (Å²) in [5.41, 5.74) is -2.27. The Hall–Kier alpha value is -1.31. The van der Waals surface area contributed by atoms with Crippen LogP contribution in [0.5, 0.6) is 0 Å². The fourth-order valence-corrected chi connectivity index (χ4v) is 7.42. The molecule has 10 heteroatoms. The lowest BCUT2D eigenvalue weighted by Gasteiger charge is -2.61. The second-order valence-corrected chi connectivity index (χ2v) is 12.1. The maximum Gasteiger partial charge on any atom is 0.340 e. The summed E-state index contributed by atoms with van der Waals surface area (Å²) in [5, 5.41) is 0. The van der Waals surface area contributed by atoms with Crippen LogP contribution in [0.1, 0.15) is 53.4 Å². The molecule has 7 nitrogen and oxygen atoms in total. The van der Waals surface area contributed by atoms with Crippen LogP contribution >= 0.6 is 34.8 Å². The van der Waals surface area contributed by atoms with Crippen molar-refractivity contribution in [3.05, 3.63) is 12.7 Å². The van der Waals surface area contributed by atoms with Gasteiger partial charge in [0, 0.05) is 22.7 Å². The molecule has 0 radical (unpaired) electrons. The van der Waals surface area contributed by atoms with Crippen molar-refractivity contribution in [3.8, 4) is 0 Å². The van der Waals surface area contributed by atoms with Crippen molar-refractivity contribution < 1.29 is 33.4 Å². The molecule has 196 valence electrons. The molecule has 3 aliphatic rings. The molecule has 0 aliphatic heterocycles. The van der Waals surface area contributed by atoms with Crippen molar-refractivity contribution in [2.45, 2.75) is 76.5 Å². The molecule has 3 aliphatic carbocycles. The molecule has 0 N–H and O–H groups in total. The Balaban J connectivity index is 2.24. The van der Waals surface area contributed by atoms with Gasteiger partial charge in [-0.2, -0.15) is 0 Å². The summed E-state index contributed by atoms with van der Waals surface area (Å²) in [7, 11) is 0. The number of hydrogen-bond acceptors (Lipinski definition) is 7. The maximum atomic E-state index is 14.0.